The number of fused-ring (bicyclic) bond motifs is 3. The van der Waals surface area contributed by atoms with Crippen molar-refractivity contribution < 1.29 is 52.6 Å². The van der Waals surface area contributed by atoms with Crippen molar-refractivity contribution in [2.24, 2.45) is 0 Å². The van der Waals surface area contributed by atoms with Gasteiger partial charge in [0.2, 0.25) is 0 Å². The summed E-state index contributed by atoms with van der Waals surface area (Å²) >= 11 is 0. The molecular formula is C51H74N2O10+2. The zero-order chi connectivity index (χ0) is 45.1. The maximum atomic E-state index is 8.82. The third kappa shape index (κ3) is 14.1. The molecular weight excluding hydrogens is 801 g/mol. The molecule has 0 fully saturated rings. The maximum Gasteiger partial charge on any atom is 0.180 e. The molecule has 0 heterocycles. The fourth-order valence-electron chi connectivity index (χ4n) is 8.08. The normalized spacial score (nSPS) is 13.2. The summed E-state index contributed by atoms with van der Waals surface area (Å²) in [6.45, 7) is 13.0. The molecule has 4 aromatic rings. The summed E-state index contributed by atoms with van der Waals surface area (Å²) in [7, 11) is 12.6. The summed E-state index contributed by atoms with van der Waals surface area (Å²) < 4.78 is 51.8. The number of ether oxygens (including phenoxy) is 9. The number of aryl methyl sites for hydroxylation is 2. The van der Waals surface area contributed by atoms with Crippen molar-refractivity contribution in [1.82, 2.24) is 4.48 Å². The molecule has 0 saturated carbocycles. The number of nitrogens with zero attached hydrogens (tertiary/aromatic N) is 1. The lowest BCUT2D eigenvalue weighted by atomic mass is 9.66. The van der Waals surface area contributed by atoms with Crippen molar-refractivity contribution in [3.05, 3.63) is 117 Å². The van der Waals surface area contributed by atoms with Gasteiger partial charge < -0.3 is 52.6 Å². The van der Waals surface area contributed by atoms with Crippen LogP contribution in [0.25, 0.3) is 11.1 Å². The second-order valence-corrected chi connectivity index (χ2v) is 17.2. The monoisotopic (exact) mass is 875 g/mol. The van der Waals surface area contributed by atoms with Crippen molar-refractivity contribution in [2.75, 3.05) is 148 Å². The SMILES string of the molecule is COCCOCCOCCOCCOc1ccc(C2(c3ccc(COCCOCCOCCOCCO)c(C[NH+](C)C)c3)c3cc(C)ccc3-c3ccc(C)cc32)cc1[N+](C)(C)C. The molecule has 0 aliphatic heterocycles. The first-order chi connectivity index (χ1) is 30.5. The Morgan fingerprint density at radius 2 is 1.00 bits per heavy atom. The Balaban J connectivity index is 1.40. The predicted molar refractivity (Wildman–Crippen MR) is 248 cm³/mol. The van der Waals surface area contributed by atoms with Gasteiger partial charge >= 0.3 is 0 Å². The number of benzene rings is 4. The van der Waals surface area contributed by atoms with Crippen LogP contribution in [0.4, 0.5) is 5.69 Å². The summed E-state index contributed by atoms with van der Waals surface area (Å²) in [6.07, 6.45) is 0. The number of rotatable bonds is 31. The highest BCUT2D eigenvalue weighted by atomic mass is 16.6. The first-order valence-corrected chi connectivity index (χ1v) is 22.4. The van der Waals surface area contributed by atoms with Gasteiger partial charge in [-0.25, -0.2) is 0 Å². The lowest BCUT2D eigenvalue weighted by molar-refractivity contribution is -0.872. The number of hydrogen-bond acceptors (Lipinski definition) is 10. The van der Waals surface area contributed by atoms with Crippen molar-refractivity contribution >= 4 is 5.69 Å². The number of quaternary nitrogens is 2. The number of aliphatic hydroxyl groups is 1. The van der Waals surface area contributed by atoms with Crippen LogP contribution >= 0.6 is 0 Å². The van der Waals surface area contributed by atoms with Gasteiger partial charge in [-0.15, -0.1) is 0 Å². The minimum atomic E-state index is -0.597. The molecule has 0 bridgehead atoms. The highest BCUT2D eigenvalue weighted by Crippen LogP contribution is 2.57. The third-order valence-electron chi connectivity index (χ3n) is 11.0. The van der Waals surface area contributed by atoms with E-state index >= 15 is 0 Å². The first kappa shape index (κ1) is 50.2. The van der Waals surface area contributed by atoms with Gasteiger partial charge in [0.15, 0.2) is 11.4 Å². The fourth-order valence-corrected chi connectivity index (χ4v) is 8.08. The molecule has 0 amide bonds. The van der Waals surface area contributed by atoms with Crippen molar-refractivity contribution in [2.45, 2.75) is 32.4 Å². The lowest BCUT2D eigenvalue weighted by Crippen LogP contribution is -3.04. The van der Waals surface area contributed by atoms with Gasteiger partial charge in [0, 0.05) is 18.7 Å². The van der Waals surface area contributed by atoms with Gasteiger partial charge in [0.1, 0.15) is 13.2 Å². The largest absolute Gasteiger partial charge is 0.485 e. The van der Waals surface area contributed by atoms with Gasteiger partial charge in [0.05, 0.1) is 146 Å². The summed E-state index contributed by atoms with van der Waals surface area (Å²) in [6, 6.07) is 27.7. The average molecular weight is 875 g/mol. The highest BCUT2D eigenvalue weighted by Gasteiger charge is 2.47. The van der Waals surface area contributed by atoms with E-state index in [-0.39, 0.29) is 6.61 Å². The first-order valence-electron chi connectivity index (χ1n) is 22.4. The van der Waals surface area contributed by atoms with Crippen LogP contribution in [0.3, 0.4) is 0 Å². The van der Waals surface area contributed by atoms with Crippen molar-refractivity contribution in [3.8, 4) is 16.9 Å². The standard InChI is InChI=1S/C51H73N2O10/c1-39-9-14-45-46-15-10-40(2)34-48(46)51(47(45)33-39,43-12-11-41(42(35-43)37-52(3)4)38-62-30-29-60-26-25-58-22-21-56-18-17-54)44-13-16-50(49(36-44)53(5,6)7)63-32-31-61-28-27-59-24-23-57-20-19-55-8/h9-16,33-36,54H,17-32,37-38H2,1-8H3/q+1/p+1. The van der Waals surface area contributed by atoms with Crippen LogP contribution < -0.4 is 14.1 Å². The highest BCUT2D eigenvalue weighted by molar-refractivity contribution is 5.87. The Labute approximate surface area is 376 Å². The number of nitrogens with one attached hydrogen (secondary N) is 1. The molecule has 12 heteroatoms. The van der Waals surface area contributed by atoms with E-state index in [4.69, 9.17) is 47.7 Å². The van der Waals surface area contributed by atoms with Crippen molar-refractivity contribution in [1.29, 1.82) is 0 Å². The fraction of sp³-hybridized carbons (Fsp3) is 0.529. The second-order valence-electron chi connectivity index (χ2n) is 17.2. The molecule has 1 aliphatic rings. The van der Waals surface area contributed by atoms with E-state index in [0.29, 0.717) is 110 Å². The molecule has 63 heavy (non-hydrogen) atoms. The minimum absolute atomic E-state index is 0.0153. The van der Waals surface area contributed by atoms with Gasteiger partial charge in [0.25, 0.3) is 0 Å². The van der Waals surface area contributed by atoms with Gasteiger partial charge in [-0.05, 0) is 64.9 Å². The average Bonchev–Trinajstić information content (AvgIpc) is 3.53. The Morgan fingerprint density at radius 1 is 0.524 bits per heavy atom. The molecule has 0 aromatic heterocycles. The lowest BCUT2D eigenvalue weighted by Gasteiger charge is -2.36. The molecule has 0 atom stereocenters. The molecule has 5 rings (SSSR count). The Hall–Kier alpha value is -3.76. The topological polar surface area (TPSA) is 108 Å². The number of aliphatic hydroxyl groups excluding tert-OH is 1. The van der Waals surface area contributed by atoms with Crippen LogP contribution in [0.2, 0.25) is 0 Å². The summed E-state index contributed by atoms with van der Waals surface area (Å²) in [5, 5.41) is 8.82. The third-order valence-corrected chi connectivity index (χ3v) is 11.0. The minimum Gasteiger partial charge on any atom is -0.485 e. The van der Waals surface area contributed by atoms with Gasteiger partial charge in [-0.3, -0.25) is 4.48 Å². The molecule has 4 aromatic carbocycles. The van der Waals surface area contributed by atoms with Crippen LogP contribution in [0.5, 0.6) is 5.75 Å². The summed E-state index contributed by atoms with van der Waals surface area (Å²) in [4.78, 5) is 1.33. The van der Waals surface area contributed by atoms with Crippen LogP contribution in [-0.4, -0.2) is 153 Å². The summed E-state index contributed by atoms with van der Waals surface area (Å²) in [5.74, 6) is 0.839. The molecule has 0 radical (unpaired) electrons. The van der Waals surface area contributed by atoms with Crippen LogP contribution in [0.1, 0.15) is 44.5 Å². The predicted octanol–water partition coefficient (Wildman–Crippen LogP) is 5.14. The van der Waals surface area contributed by atoms with Crippen LogP contribution in [-0.2, 0) is 56.5 Å². The Morgan fingerprint density at radius 3 is 1.51 bits per heavy atom. The van der Waals surface area contributed by atoms with Crippen LogP contribution in [0, 0.1) is 13.8 Å². The molecule has 0 unspecified atom stereocenters. The van der Waals surface area contributed by atoms with E-state index in [1.807, 2.05) is 0 Å². The van der Waals surface area contributed by atoms with Crippen LogP contribution in [0.15, 0.2) is 72.8 Å². The maximum absolute atomic E-state index is 8.82. The zero-order valence-corrected chi connectivity index (χ0v) is 39.2. The van der Waals surface area contributed by atoms with E-state index in [9.17, 15) is 0 Å². The molecule has 0 saturated heterocycles. The molecule has 2 N–H and O–H groups in total. The second kappa shape index (κ2) is 25.7. The molecule has 1 aliphatic carbocycles. The van der Waals surface area contributed by atoms with Crippen molar-refractivity contribution in [3.63, 3.8) is 0 Å². The molecule has 346 valence electrons. The molecule has 12 nitrogen and oxygen atoms in total. The smallest absolute Gasteiger partial charge is 0.180 e. The van der Waals surface area contributed by atoms with Gasteiger partial charge in [-0.2, -0.15) is 0 Å². The van der Waals surface area contributed by atoms with E-state index in [1.54, 1.807) is 7.11 Å². The van der Waals surface area contributed by atoms with E-state index in [1.165, 1.54) is 60.5 Å². The number of methoxy groups -OCH3 is 1. The van der Waals surface area contributed by atoms with Gasteiger partial charge in [-0.1, -0.05) is 65.7 Å². The Bertz CT molecular complexity index is 1930. The summed E-state index contributed by atoms with van der Waals surface area (Å²) in [5.41, 5.74) is 12.9. The van der Waals surface area contributed by atoms with E-state index in [0.717, 1.165) is 18.0 Å². The Kier molecular flexibility index (Phi) is 20.5. The van der Waals surface area contributed by atoms with E-state index < -0.39 is 5.41 Å². The molecule has 0 spiro atoms. The zero-order valence-electron chi connectivity index (χ0n) is 39.2. The van der Waals surface area contributed by atoms with E-state index in [2.05, 4.69) is 122 Å². The number of hydrogen-bond donors (Lipinski definition) is 2. The quantitative estimate of drug-likeness (QED) is 0.0460.